The molecule has 0 amide bonds. The minimum absolute atomic E-state index is 0.610. The van der Waals surface area contributed by atoms with Crippen LogP contribution in [0.5, 0.6) is 0 Å². The van der Waals surface area contributed by atoms with Gasteiger partial charge in [-0.25, -0.2) is 0 Å². The molecule has 0 aromatic carbocycles. The maximum atomic E-state index is 2.54. The van der Waals surface area contributed by atoms with Crippen LogP contribution in [0.25, 0.3) is 0 Å². The fraction of sp³-hybridized carbons (Fsp3) is 1.00. The predicted molar refractivity (Wildman–Crippen MR) is 66.7 cm³/mol. The fourth-order valence-electron chi connectivity index (χ4n) is 4.68. The van der Waals surface area contributed by atoms with Crippen LogP contribution in [0.3, 0.4) is 0 Å². The molecule has 0 N–H and O–H groups in total. The molecule has 0 bridgehead atoms. The van der Waals surface area contributed by atoms with Gasteiger partial charge < -0.3 is 0 Å². The molecule has 0 saturated heterocycles. The third-order valence-electron chi connectivity index (χ3n) is 6.15. The summed E-state index contributed by atoms with van der Waals surface area (Å²) in [6.45, 7) is 17.2. The topological polar surface area (TPSA) is 0 Å². The molecule has 0 aromatic rings. The highest BCUT2D eigenvalue weighted by molar-refractivity contribution is 5.16. The molecule has 0 heterocycles. The summed E-state index contributed by atoms with van der Waals surface area (Å²) < 4.78 is 0. The second kappa shape index (κ2) is 3.02. The van der Waals surface area contributed by atoms with E-state index in [4.69, 9.17) is 0 Å². The van der Waals surface area contributed by atoms with Crippen LogP contribution in [0.15, 0.2) is 0 Å². The first-order chi connectivity index (χ1) is 6.72. The summed E-state index contributed by atoms with van der Waals surface area (Å²) in [4.78, 5) is 0. The van der Waals surface area contributed by atoms with Crippen molar-refractivity contribution < 1.29 is 0 Å². The summed E-state index contributed by atoms with van der Waals surface area (Å²) in [6.07, 6.45) is 1.45. The van der Waals surface area contributed by atoms with E-state index in [-0.39, 0.29) is 0 Å². The largest absolute Gasteiger partial charge is 0.0625 e. The van der Waals surface area contributed by atoms with Crippen LogP contribution >= 0.6 is 0 Å². The molecule has 5 unspecified atom stereocenters. The van der Waals surface area contributed by atoms with E-state index < -0.39 is 0 Å². The fourth-order valence-corrected chi connectivity index (χ4v) is 4.68. The minimum atomic E-state index is 0.610. The highest BCUT2D eigenvalue weighted by Crippen LogP contribution is 2.74. The van der Waals surface area contributed by atoms with Crippen LogP contribution in [0.1, 0.15) is 54.9 Å². The van der Waals surface area contributed by atoms with Crippen LogP contribution in [0.2, 0.25) is 0 Å². The zero-order valence-corrected chi connectivity index (χ0v) is 11.6. The summed E-state index contributed by atoms with van der Waals surface area (Å²) in [5.74, 6) is 4.73. The lowest BCUT2D eigenvalue weighted by Crippen LogP contribution is -2.51. The zero-order valence-electron chi connectivity index (χ0n) is 11.6. The first-order valence-corrected chi connectivity index (χ1v) is 6.72. The third-order valence-corrected chi connectivity index (χ3v) is 6.15. The Kier molecular flexibility index (Phi) is 2.31. The van der Waals surface area contributed by atoms with Crippen LogP contribution < -0.4 is 0 Å². The van der Waals surface area contributed by atoms with Crippen LogP contribution in [0.4, 0.5) is 0 Å². The number of hydrogen-bond acceptors (Lipinski definition) is 0. The van der Waals surface area contributed by atoms with E-state index in [1.54, 1.807) is 0 Å². The summed E-state index contributed by atoms with van der Waals surface area (Å²) in [7, 11) is 0. The third kappa shape index (κ3) is 1.33. The Labute approximate surface area is 95.8 Å². The van der Waals surface area contributed by atoms with Crippen molar-refractivity contribution in [1.29, 1.82) is 0 Å². The van der Waals surface area contributed by atoms with Crippen LogP contribution in [0, 0.1) is 40.4 Å². The van der Waals surface area contributed by atoms with E-state index >= 15 is 0 Å². The predicted octanol–water partition coefficient (Wildman–Crippen LogP) is 4.60. The van der Waals surface area contributed by atoms with Gasteiger partial charge in [-0.1, -0.05) is 48.5 Å². The van der Waals surface area contributed by atoms with Crippen LogP contribution in [-0.2, 0) is 0 Å². The van der Waals surface area contributed by atoms with Gasteiger partial charge in [-0.05, 0) is 46.8 Å². The first-order valence-electron chi connectivity index (χ1n) is 6.72. The second-order valence-corrected chi connectivity index (χ2v) is 7.54. The van der Waals surface area contributed by atoms with E-state index in [2.05, 4.69) is 48.5 Å². The number of rotatable bonds is 2. The molecular formula is C15H28. The van der Waals surface area contributed by atoms with Crippen LogP contribution in [-0.4, -0.2) is 0 Å². The maximum Gasteiger partial charge on any atom is -0.0235 e. The van der Waals surface area contributed by atoms with Gasteiger partial charge in [0.2, 0.25) is 0 Å². The number of hydrogen-bond donors (Lipinski definition) is 0. The van der Waals surface area contributed by atoms with Gasteiger partial charge in [-0.3, -0.25) is 0 Å². The molecule has 0 spiro atoms. The van der Waals surface area contributed by atoms with Gasteiger partial charge in [-0.15, -0.1) is 0 Å². The molecule has 0 radical (unpaired) electrons. The molecule has 2 rings (SSSR count). The lowest BCUT2D eigenvalue weighted by atomic mass is 9.49. The highest BCUT2D eigenvalue weighted by atomic mass is 14.7. The van der Waals surface area contributed by atoms with Crippen molar-refractivity contribution in [2.75, 3.05) is 0 Å². The Hall–Kier alpha value is 0. The SMILES string of the molecule is CC(C)C1C(C)C(C)C1C1(C)CC1(C)C. The smallest absolute Gasteiger partial charge is 0.0235 e. The van der Waals surface area contributed by atoms with Gasteiger partial charge in [0.25, 0.3) is 0 Å². The summed E-state index contributed by atoms with van der Waals surface area (Å²) in [5, 5.41) is 0. The summed E-state index contributed by atoms with van der Waals surface area (Å²) >= 11 is 0. The first kappa shape index (κ1) is 11.5. The zero-order chi connectivity index (χ0) is 11.6. The molecule has 0 aliphatic heterocycles. The summed E-state index contributed by atoms with van der Waals surface area (Å²) in [5.41, 5.74) is 1.26. The average molecular weight is 208 g/mol. The van der Waals surface area contributed by atoms with Gasteiger partial charge in [-0.2, -0.15) is 0 Å². The molecule has 2 aliphatic rings. The highest BCUT2D eigenvalue weighted by Gasteiger charge is 2.68. The molecule has 2 fully saturated rings. The van der Waals surface area contributed by atoms with Crippen molar-refractivity contribution in [1.82, 2.24) is 0 Å². The maximum absolute atomic E-state index is 2.54. The van der Waals surface area contributed by atoms with Gasteiger partial charge in [0.1, 0.15) is 0 Å². The Bertz CT molecular complexity index is 263. The standard InChI is InChI=1S/C15H28/c1-9(2)12-10(3)11(4)13(12)15(7)8-14(15,5)6/h9-13H,8H2,1-7H3. The van der Waals surface area contributed by atoms with Crippen molar-refractivity contribution in [3.05, 3.63) is 0 Å². The molecule has 2 aliphatic carbocycles. The van der Waals surface area contributed by atoms with Gasteiger partial charge in [0, 0.05) is 0 Å². The molecule has 88 valence electrons. The normalized spacial score (nSPS) is 52.8. The summed E-state index contributed by atoms with van der Waals surface area (Å²) in [6, 6.07) is 0. The quantitative estimate of drug-likeness (QED) is 0.622. The van der Waals surface area contributed by atoms with Gasteiger partial charge in [0.15, 0.2) is 0 Å². The second-order valence-electron chi connectivity index (χ2n) is 7.54. The van der Waals surface area contributed by atoms with E-state index in [1.807, 2.05) is 0 Å². The van der Waals surface area contributed by atoms with E-state index in [0.717, 1.165) is 29.6 Å². The molecule has 5 atom stereocenters. The molecule has 0 nitrogen and oxygen atoms in total. The molecule has 0 heteroatoms. The lowest BCUT2D eigenvalue weighted by Gasteiger charge is -2.56. The minimum Gasteiger partial charge on any atom is -0.0625 e. The molecule has 15 heavy (non-hydrogen) atoms. The van der Waals surface area contributed by atoms with Crippen molar-refractivity contribution >= 4 is 0 Å². The molecular weight excluding hydrogens is 180 g/mol. The Balaban J connectivity index is 2.17. The van der Waals surface area contributed by atoms with Gasteiger partial charge in [0.05, 0.1) is 0 Å². The van der Waals surface area contributed by atoms with Crippen molar-refractivity contribution in [3.8, 4) is 0 Å². The Morgan fingerprint density at radius 1 is 1.00 bits per heavy atom. The Morgan fingerprint density at radius 2 is 1.47 bits per heavy atom. The van der Waals surface area contributed by atoms with Crippen molar-refractivity contribution in [2.45, 2.75) is 54.9 Å². The van der Waals surface area contributed by atoms with Crippen molar-refractivity contribution in [3.63, 3.8) is 0 Å². The molecule has 0 aromatic heterocycles. The Morgan fingerprint density at radius 3 is 1.80 bits per heavy atom. The molecule has 2 saturated carbocycles. The van der Waals surface area contributed by atoms with E-state index in [0.29, 0.717) is 10.8 Å². The monoisotopic (exact) mass is 208 g/mol. The van der Waals surface area contributed by atoms with E-state index in [9.17, 15) is 0 Å². The van der Waals surface area contributed by atoms with E-state index in [1.165, 1.54) is 6.42 Å². The lowest BCUT2D eigenvalue weighted by molar-refractivity contribution is -0.0810. The van der Waals surface area contributed by atoms with Crippen molar-refractivity contribution in [2.24, 2.45) is 40.4 Å². The van der Waals surface area contributed by atoms with Gasteiger partial charge >= 0.3 is 0 Å². The average Bonchev–Trinajstić information content (AvgIpc) is 2.59.